The van der Waals surface area contributed by atoms with Crippen LogP contribution >= 0.6 is 0 Å². The van der Waals surface area contributed by atoms with Gasteiger partial charge in [-0.25, -0.2) is 0 Å². The number of nitrogens with zero attached hydrogens (tertiary/aromatic N) is 1. The Morgan fingerprint density at radius 2 is 2.24 bits per heavy atom. The zero-order valence-electron chi connectivity index (χ0n) is 12.6. The normalized spacial score (nSPS) is 30.3. The molecule has 3 atom stereocenters. The van der Waals surface area contributed by atoms with E-state index in [-0.39, 0.29) is 11.9 Å². The third-order valence-corrected chi connectivity index (χ3v) is 5.30. The fraction of sp³-hybridized carbons (Fsp3) is 0.588. The van der Waals surface area contributed by atoms with Crippen molar-refractivity contribution in [3.8, 4) is 0 Å². The van der Waals surface area contributed by atoms with Crippen LogP contribution in [0, 0.1) is 5.92 Å². The van der Waals surface area contributed by atoms with Crippen LogP contribution in [0.4, 0.5) is 0 Å². The van der Waals surface area contributed by atoms with Gasteiger partial charge in [0, 0.05) is 19.1 Å². The van der Waals surface area contributed by atoms with Crippen molar-refractivity contribution in [3.63, 3.8) is 0 Å². The number of carbonyl (C=O) groups is 1. The highest BCUT2D eigenvalue weighted by Gasteiger charge is 2.46. The molecule has 0 saturated carbocycles. The summed E-state index contributed by atoms with van der Waals surface area (Å²) in [5.41, 5.74) is 7.22. The van der Waals surface area contributed by atoms with Crippen molar-refractivity contribution in [1.82, 2.24) is 4.90 Å². The van der Waals surface area contributed by atoms with Crippen molar-refractivity contribution < 1.29 is 9.90 Å². The van der Waals surface area contributed by atoms with Crippen LogP contribution < -0.4 is 5.73 Å². The molecule has 114 valence electrons. The number of carbonyl (C=O) groups excluding carboxylic acids is 1. The number of amides is 1. The molecule has 0 aliphatic carbocycles. The molecule has 0 spiro atoms. The topological polar surface area (TPSA) is 66.6 Å². The van der Waals surface area contributed by atoms with Crippen LogP contribution in [0.1, 0.15) is 43.4 Å². The molecule has 2 heterocycles. The van der Waals surface area contributed by atoms with Gasteiger partial charge in [-0.1, -0.05) is 31.2 Å². The lowest BCUT2D eigenvalue weighted by molar-refractivity contribution is -0.140. The maximum absolute atomic E-state index is 11.7. The van der Waals surface area contributed by atoms with E-state index in [1.54, 1.807) is 0 Å². The fourth-order valence-electron chi connectivity index (χ4n) is 4.15. The van der Waals surface area contributed by atoms with Crippen LogP contribution in [0.5, 0.6) is 0 Å². The summed E-state index contributed by atoms with van der Waals surface area (Å²) < 4.78 is 0. The number of benzene rings is 1. The summed E-state index contributed by atoms with van der Waals surface area (Å²) in [6.07, 6.45) is 2.90. The fourth-order valence-corrected chi connectivity index (χ4v) is 4.15. The zero-order valence-corrected chi connectivity index (χ0v) is 12.6. The van der Waals surface area contributed by atoms with Crippen molar-refractivity contribution in [2.45, 2.75) is 44.2 Å². The van der Waals surface area contributed by atoms with Gasteiger partial charge in [0.25, 0.3) is 0 Å². The molecule has 0 unspecified atom stereocenters. The molecule has 0 aromatic heterocycles. The average molecular weight is 288 g/mol. The molecule has 2 aliphatic heterocycles. The summed E-state index contributed by atoms with van der Waals surface area (Å²) in [7, 11) is 0. The quantitative estimate of drug-likeness (QED) is 0.888. The van der Waals surface area contributed by atoms with E-state index in [9.17, 15) is 9.90 Å². The number of nitrogens with two attached hydrogens (primary N) is 1. The molecule has 1 aromatic rings. The second-order valence-electron chi connectivity index (χ2n) is 6.42. The van der Waals surface area contributed by atoms with Crippen LogP contribution in [0.3, 0.4) is 0 Å². The Hall–Kier alpha value is -1.39. The lowest BCUT2D eigenvalue weighted by Gasteiger charge is -2.49. The van der Waals surface area contributed by atoms with Crippen molar-refractivity contribution in [3.05, 3.63) is 35.4 Å². The summed E-state index contributed by atoms with van der Waals surface area (Å²) in [6.45, 7) is 3.79. The molecule has 4 nitrogen and oxygen atoms in total. The predicted octanol–water partition coefficient (Wildman–Crippen LogP) is 1.62. The molecule has 3 rings (SSSR count). The molecule has 3 N–H and O–H groups in total. The van der Waals surface area contributed by atoms with Crippen LogP contribution in [0.25, 0.3) is 0 Å². The van der Waals surface area contributed by atoms with Gasteiger partial charge in [0.2, 0.25) is 5.91 Å². The summed E-state index contributed by atoms with van der Waals surface area (Å²) in [5, 5.41) is 11.0. The van der Waals surface area contributed by atoms with Gasteiger partial charge in [0.1, 0.15) is 0 Å². The monoisotopic (exact) mass is 288 g/mol. The van der Waals surface area contributed by atoms with Crippen molar-refractivity contribution in [2.24, 2.45) is 11.7 Å². The first kappa shape index (κ1) is 14.5. The minimum atomic E-state index is -0.966. The van der Waals surface area contributed by atoms with E-state index in [1.165, 1.54) is 11.1 Å². The molecule has 1 amide bonds. The number of hydrogen-bond acceptors (Lipinski definition) is 3. The Kier molecular flexibility index (Phi) is 3.76. The molecule has 1 aromatic carbocycles. The molecule has 4 heteroatoms. The standard InChI is InChI=1S/C17H24N2O2/c1-2-14(16(18)20)17(21)8-10-19-9-7-12-5-3-4-6-13(12)15(19)11-17/h3-6,14-15,21H,2,7-11H2,1H3,(H2,18,20)/t14-,15+,17-/m1/s1. The predicted molar refractivity (Wildman–Crippen MR) is 81.6 cm³/mol. The van der Waals surface area contributed by atoms with Gasteiger partial charge in [-0.2, -0.15) is 0 Å². The smallest absolute Gasteiger partial charge is 0.223 e. The minimum absolute atomic E-state index is 0.210. The Labute approximate surface area is 125 Å². The average Bonchev–Trinajstić information content (AvgIpc) is 2.47. The van der Waals surface area contributed by atoms with Crippen molar-refractivity contribution in [2.75, 3.05) is 13.1 Å². The highest BCUT2D eigenvalue weighted by molar-refractivity contribution is 5.78. The second kappa shape index (κ2) is 5.43. The Morgan fingerprint density at radius 1 is 1.48 bits per heavy atom. The largest absolute Gasteiger partial charge is 0.389 e. The number of aliphatic hydroxyl groups is 1. The van der Waals surface area contributed by atoms with Crippen molar-refractivity contribution in [1.29, 1.82) is 0 Å². The first-order valence-corrected chi connectivity index (χ1v) is 7.88. The van der Waals surface area contributed by atoms with Gasteiger partial charge in [0.05, 0.1) is 11.5 Å². The van der Waals surface area contributed by atoms with E-state index in [0.29, 0.717) is 19.3 Å². The molecule has 0 bridgehead atoms. The third-order valence-electron chi connectivity index (χ3n) is 5.30. The van der Waals surface area contributed by atoms with E-state index >= 15 is 0 Å². The maximum atomic E-state index is 11.7. The van der Waals surface area contributed by atoms with Crippen LogP contribution in [0.15, 0.2) is 24.3 Å². The van der Waals surface area contributed by atoms with Gasteiger partial charge in [-0.15, -0.1) is 0 Å². The van der Waals surface area contributed by atoms with E-state index < -0.39 is 11.5 Å². The van der Waals surface area contributed by atoms with Gasteiger partial charge in [-0.05, 0) is 36.8 Å². The Morgan fingerprint density at radius 3 is 2.95 bits per heavy atom. The third kappa shape index (κ3) is 2.47. The number of hydrogen-bond donors (Lipinski definition) is 2. The number of fused-ring (bicyclic) bond motifs is 3. The highest BCUT2D eigenvalue weighted by atomic mass is 16.3. The molecular formula is C17H24N2O2. The van der Waals surface area contributed by atoms with E-state index in [2.05, 4.69) is 29.2 Å². The first-order valence-electron chi connectivity index (χ1n) is 7.88. The SMILES string of the molecule is CC[C@H](C(N)=O)[C@@]1(O)CCN2CCc3ccccc3[C@@H]2C1. The molecule has 0 radical (unpaired) electrons. The highest BCUT2D eigenvalue weighted by Crippen LogP contribution is 2.44. The lowest BCUT2D eigenvalue weighted by atomic mass is 9.72. The summed E-state index contributed by atoms with van der Waals surface area (Å²) >= 11 is 0. The maximum Gasteiger partial charge on any atom is 0.223 e. The second-order valence-corrected chi connectivity index (χ2v) is 6.42. The lowest BCUT2D eigenvalue weighted by Crippen LogP contribution is -2.54. The molecular weight excluding hydrogens is 264 g/mol. The summed E-state index contributed by atoms with van der Waals surface area (Å²) in [5.74, 6) is -0.828. The molecule has 21 heavy (non-hydrogen) atoms. The zero-order chi connectivity index (χ0) is 15.0. The summed E-state index contributed by atoms with van der Waals surface area (Å²) in [6, 6.07) is 8.67. The van der Waals surface area contributed by atoms with Gasteiger partial charge < -0.3 is 10.8 Å². The number of primary amides is 1. The van der Waals surface area contributed by atoms with Gasteiger partial charge in [0.15, 0.2) is 0 Å². The molecule has 1 saturated heterocycles. The molecule has 2 aliphatic rings. The summed E-state index contributed by atoms with van der Waals surface area (Å²) in [4.78, 5) is 14.1. The Bertz CT molecular complexity index is 545. The van der Waals surface area contributed by atoms with Crippen LogP contribution in [-0.2, 0) is 11.2 Å². The van der Waals surface area contributed by atoms with E-state index in [0.717, 1.165) is 19.5 Å². The van der Waals surface area contributed by atoms with Gasteiger partial charge in [-0.3, -0.25) is 9.69 Å². The molecule has 1 fully saturated rings. The number of piperidine rings is 1. The van der Waals surface area contributed by atoms with E-state index in [1.807, 2.05) is 6.92 Å². The minimum Gasteiger partial charge on any atom is -0.389 e. The van der Waals surface area contributed by atoms with Crippen LogP contribution in [-0.4, -0.2) is 34.6 Å². The number of rotatable bonds is 3. The van der Waals surface area contributed by atoms with Crippen molar-refractivity contribution >= 4 is 5.91 Å². The first-order chi connectivity index (χ1) is 10.0. The Balaban J connectivity index is 1.91. The van der Waals surface area contributed by atoms with Crippen LogP contribution in [0.2, 0.25) is 0 Å². The van der Waals surface area contributed by atoms with Gasteiger partial charge >= 0.3 is 0 Å². The van der Waals surface area contributed by atoms with E-state index in [4.69, 9.17) is 5.73 Å².